The molecule has 1 aliphatic rings. The molecule has 0 atom stereocenters. The average Bonchev–Trinajstić information content (AvgIpc) is 2.62. The molecule has 0 unspecified atom stereocenters. The first-order valence-electron chi connectivity index (χ1n) is 8.30. The van der Waals surface area contributed by atoms with Crippen LogP contribution in [0.25, 0.3) is 0 Å². The van der Waals surface area contributed by atoms with Gasteiger partial charge in [0.25, 0.3) is 0 Å². The minimum Gasteiger partial charge on any atom is -0.354 e. The molecule has 6 heteroatoms. The van der Waals surface area contributed by atoms with Gasteiger partial charge in [-0.25, -0.2) is 9.97 Å². The summed E-state index contributed by atoms with van der Waals surface area (Å²) >= 11 is 0. The highest BCUT2D eigenvalue weighted by Gasteiger charge is 2.16. The summed E-state index contributed by atoms with van der Waals surface area (Å²) in [6.07, 6.45) is 2.68. The van der Waals surface area contributed by atoms with Gasteiger partial charge in [0.05, 0.1) is 0 Å². The van der Waals surface area contributed by atoms with Gasteiger partial charge in [-0.15, -0.1) is 0 Å². The van der Waals surface area contributed by atoms with E-state index >= 15 is 0 Å². The van der Waals surface area contributed by atoms with E-state index in [0.29, 0.717) is 12.2 Å². The van der Waals surface area contributed by atoms with Crippen LogP contribution in [0.1, 0.15) is 12.0 Å². The molecule has 2 aromatic rings. The van der Waals surface area contributed by atoms with Crippen LogP contribution < -0.4 is 10.2 Å². The van der Waals surface area contributed by atoms with Crippen molar-refractivity contribution < 1.29 is 4.79 Å². The van der Waals surface area contributed by atoms with Crippen LogP contribution in [0.4, 0.5) is 11.6 Å². The van der Waals surface area contributed by atoms with E-state index in [-0.39, 0.29) is 5.91 Å². The fraction of sp³-hybridized carbons (Fsp3) is 0.389. The zero-order valence-electron chi connectivity index (χ0n) is 14.0. The Balaban J connectivity index is 1.55. The Morgan fingerprint density at radius 3 is 2.62 bits per heavy atom. The Labute approximate surface area is 142 Å². The second kappa shape index (κ2) is 7.88. The molecule has 1 amide bonds. The third kappa shape index (κ3) is 4.52. The molecule has 1 saturated heterocycles. The number of piperazine rings is 1. The van der Waals surface area contributed by atoms with Crippen molar-refractivity contribution in [2.75, 3.05) is 43.4 Å². The molecular weight excluding hydrogens is 302 g/mol. The first kappa shape index (κ1) is 16.4. The number of benzene rings is 1. The molecule has 0 saturated carbocycles. The summed E-state index contributed by atoms with van der Waals surface area (Å²) in [6.45, 7) is 3.91. The van der Waals surface area contributed by atoms with Crippen molar-refractivity contribution in [3.05, 3.63) is 48.3 Å². The number of hydrogen-bond donors (Lipinski definition) is 1. The summed E-state index contributed by atoms with van der Waals surface area (Å²) in [5.41, 5.74) is 1.16. The minimum absolute atomic E-state index is 0.0260. The van der Waals surface area contributed by atoms with Gasteiger partial charge >= 0.3 is 0 Å². The van der Waals surface area contributed by atoms with E-state index in [9.17, 15) is 4.79 Å². The third-order valence-corrected chi connectivity index (χ3v) is 4.23. The number of carbonyl (C=O) groups excluding carboxylic acids is 1. The molecule has 24 heavy (non-hydrogen) atoms. The number of rotatable bonds is 5. The van der Waals surface area contributed by atoms with E-state index in [0.717, 1.165) is 44.0 Å². The Bertz CT molecular complexity index is 668. The predicted octanol–water partition coefficient (Wildman–Crippen LogP) is 1.80. The first-order chi connectivity index (χ1) is 11.7. The summed E-state index contributed by atoms with van der Waals surface area (Å²) in [5.74, 6) is 1.41. The van der Waals surface area contributed by atoms with Gasteiger partial charge in [-0.05, 0) is 19.0 Å². The van der Waals surface area contributed by atoms with Crippen LogP contribution in [0.2, 0.25) is 0 Å². The fourth-order valence-corrected chi connectivity index (χ4v) is 2.73. The molecule has 3 rings (SSSR count). The highest BCUT2D eigenvalue weighted by atomic mass is 16.1. The molecule has 0 radical (unpaired) electrons. The van der Waals surface area contributed by atoms with E-state index in [1.54, 1.807) is 0 Å². The lowest BCUT2D eigenvalue weighted by molar-refractivity contribution is -0.116. The average molecular weight is 325 g/mol. The Kier molecular flexibility index (Phi) is 5.38. The van der Waals surface area contributed by atoms with Gasteiger partial charge in [-0.1, -0.05) is 30.3 Å². The van der Waals surface area contributed by atoms with Gasteiger partial charge in [-0.2, -0.15) is 0 Å². The Morgan fingerprint density at radius 1 is 1.12 bits per heavy atom. The standard InChI is InChI=1S/C18H23N5O/c1-22-9-11-23(12-10-22)17-13-16(19-14-20-17)21-18(24)8-7-15-5-3-2-4-6-15/h2-6,13-14H,7-12H2,1H3,(H,19,20,21,24). The van der Waals surface area contributed by atoms with E-state index in [1.165, 1.54) is 6.33 Å². The van der Waals surface area contributed by atoms with E-state index in [1.807, 2.05) is 36.4 Å². The van der Waals surface area contributed by atoms with Gasteiger partial charge in [0.1, 0.15) is 18.0 Å². The number of nitrogens with one attached hydrogen (secondary N) is 1. The van der Waals surface area contributed by atoms with Crippen LogP contribution in [-0.2, 0) is 11.2 Å². The topological polar surface area (TPSA) is 61.4 Å². The number of aromatic nitrogens is 2. The number of aryl methyl sites for hydroxylation is 1. The van der Waals surface area contributed by atoms with Crippen LogP contribution in [0.5, 0.6) is 0 Å². The number of anilines is 2. The minimum atomic E-state index is -0.0260. The molecule has 1 aromatic carbocycles. The van der Waals surface area contributed by atoms with Crippen molar-refractivity contribution in [3.8, 4) is 0 Å². The van der Waals surface area contributed by atoms with Crippen molar-refractivity contribution in [2.24, 2.45) is 0 Å². The van der Waals surface area contributed by atoms with E-state index in [4.69, 9.17) is 0 Å². The smallest absolute Gasteiger partial charge is 0.225 e. The molecule has 0 spiro atoms. The second-order valence-corrected chi connectivity index (χ2v) is 6.09. The molecule has 1 aromatic heterocycles. The summed E-state index contributed by atoms with van der Waals surface area (Å²) < 4.78 is 0. The third-order valence-electron chi connectivity index (χ3n) is 4.23. The summed E-state index contributed by atoms with van der Waals surface area (Å²) in [6, 6.07) is 11.9. The highest BCUT2D eigenvalue weighted by molar-refractivity contribution is 5.90. The van der Waals surface area contributed by atoms with E-state index < -0.39 is 0 Å². The lowest BCUT2D eigenvalue weighted by Crippen LogP contribution is -2.44. The molecule has 0 bridgehead atoms. The Hall–Kier alpha value is -2.47. The maximum atomic E-state index is 12.1. The van der Waals surface area contributed by atoms with Crippen LogP contribution in [-0.4, -0.2) is 54.0 Å². The normalized spacial score (nSPS) is 15.3. The molecule has 1 fully saturated rings. The molecule has 126 valence electrons. The largest absolute Gasteiger partial charge is 0.354 e. The molecule has 6 nitrogen and oxygen atoms in total. The van der Waals surface area contributed by atoms with Gasteiger partial charge < -0.3 is 15.1 Å². The predicted molar refractivity (Wildman–Crippen MR) is 95.1 cm³/mol. The van der Waals surface area contributed by atoms with Gasteiger partial charge in [0.2, 0.25) is 5.91 Å². The van der Waals surface area contributed by atoms with Crippen molar-refractivity contribution in [2.45, 2.75) is 12.8 Å². The summed E-state index contributed by atoms with van der Waals surface area (Å²) in [5, 5.41) is 2.87. The van der Waals surface area contributed by atoms with Crippen molar-refractivity contribution >= 4 is 17.5 Å². The summed E-state index contributed by atoms with van der Waals surface area (Å²) in [4.78, 5) is 25.1. The second-order valence-electron chi connectivity index (χ2n) is 6.09. The quantitative estimate of drug-likeness (QED) is 0.908. The molecule has 0 aliphatic carbocycles. The lowest BCUT2D eigenvalue weighted by atomic mass is 10.1. The number of nitrogens with zero attached hydrogens (tertiary/aromatic N) is 4. The molecule has 2 heterocycles. The lowest BCUT2D eigenvalue weighted by Gasteiger charge is -2.33. The molecular formula is C18H23N5O. The van der Waals surface area contributed by atoms with Crippen LogP contribution in [0.15, 0.2) is 42.7 Å². The Morgan fingerprint density at radius 2 is 1.88 bits per heavy atom. The molecule has 1 aliphatic heterocycles. The zero-order chi connectivity index (χ0) is 16.8. The first-order valence-corrected chi connectivity index (χ1v) is 8.30. The van der Waals surface area contributed by atoms with Gasteiger partial charge in [0, 0.05) is 38.7 Å². The summed E-state index contributed by atoms with van der Waals surface area (Å²) in [7, 11) is 2.12. The SMILES string of the molecule is CN1CCN(c2cc(NC(=O)CCc3ccccc3)ncn2)CC1. The van der Waals surface area contributed by atoms with Crippen LogP contribution in [0.3, 0.4) is 0 Å². The maximum absolute atomic E-state index is 12.1. The van der Waals surface area contributed by atoms with Crippen LogP contribution in [0, 0.1) is 0 Å². The number of amides is 1. The van der Waals surface area contributed by atoms with Crippen molar-refractivity contribution in [1.29, 1.82) is 0 Å². The number of likely N-dealkylation sites (N-methyl/N-ethyl adjacent to an activating group) is 1. The number of hydrogen-bond acceptors (Lipinski definition) is 5. The maximum Gasteiger partial charge on any atom is 0.225 e. The zero-order valence-corrected chi connectivity index (χ0v) is 14.0. The monoisotopic (exact) mass is 325 g/mol. The van der Waals surface area contributed by atoms with Gasteiger partial charge in [-0.3, -0.25) is 4.79 Å². The number of carbonyl (C=O) groups is 1. The van der Waals surface area contributed by atoms with Crippen molar-refractivity contribution in [3.63, 3.8) is 0 Å². The highest BCUT2D eigenvalue weighted by Crippen LogP contribution is 2.16. The fourth-order valence-electron chi connectivity index (χ4n) is 2.73. The van der Waals surface area contributed by atoms with E-state index in [2.05, 4.69) is 32.1 Å². The van der Waals surface area contributed by atoms with Gasteiger partial charge in [0.15, 0.2) is 0 Å². The molecule has 1 N–H and O–H groups in total. The van der Waals surface area contributed by atoms with Crippen LogP contribution >= 0.6 is 0 Å². The van der Waals surface area contributed by atoms with Crippen molar-refractivity contribution in [1.82, 2.24) is 14.9 Å².